The molecule has 1 N–H and O–H groups in total. The molecule has 5 nitrogen and oxygen atoms in total. The van der Waals surface area contributed by atoms with Gasteiger partial charge in [-0.05, 0) is 34.1 Å². The van der Waals surface area contributed by atoms with Crippen molar-refractivity contribution in [3.63, 3.8) is 0 Å². The van der Waals surface area contributed by atoms with E-state index in [0.717, 1.165) is 31.9 Å². The van der Waals surface area contributed by atoms with Crippen molar-refractivity contribution in [2.45, 2.75) is 59.0 Å². The smallest absolute Gasteiger partial charge is 0.317 e. The molecule has 2 amide bonds. The number of aromatic nitrogens is 2. The van der Waals surface area contributed by atoms with Gasteiger partial charge in [0.2, 0.25) is 0 Å². The Labute approximate surface area is 121 Å². The molecule has 5 heteroatoms. The number of nitrogens with zero attached hydrogens (tertiary/aromatic N) is 3. The molecule has 1 aromatic rings. The van der Waals surface area contributed by atoms with Crippen LogP contribution in [-0.2, 0) is 6.54 Å². The Balaban J connectivity index is 1.95. The summed E-state index contributed by atoms with van der Waals surface area (Å²) >= 11 is 0. The van der Waals surface area contributed by atoms with E-state index in [1.165, 1.54) is 5.69 Å². The van der Waals surface area contributed by atoms with Crippen molar-refractivity contribution in [3.05, 3.63) is 17.7 Å². The molecule has 1 aromatic heterocycles. The van der Waals surface area contributed by atoms with Crippen molar-refractivity contribution in [2.24, 2.45) is 0 Å². The zero-order chi connectivity index (χ0) is 14.9. The van der Waals surface area contributed by atoms with E-state index in [2.05, 4.69) is 28.7 Å². The van der Waals surface area contributed by atoms with Gasteiger partial charge < -0.3 is 14.8 Å². The van der Waals surface area contributed by atoms with E-state index in [1.807, 2.05) is 31.9 Å². The van der Waals surface area contributed by atoms with E-state index in [9.17, 15) is 4.79 Å². The second kappa shape index (κ2) is 5.46. The fourth-order valence-electron chi connectivity index (χ4n) is 2.53. The Morgan fingerprint density at radius 3 is 2.65 bits per heavy atom. The number of urea groups is 1. The van der Waals surface area contributed by atoms with Gasteiger partial charge in [0.15, 0.2) is 0 Å². The van der Waals surface area contributed by atoms with Crippen LogP contribution in [-0.4, -0.2) is 39.1 Å². The highest BCUT2D eigenvalue weighted by Gasteiger charge is 2.35. The van der Waals surface area contributed by atoms with E-state index in [-0.39, 0.29) is 11.6 Å². The summed E-state index contributed by atoms with van der Waals surface area (Å²) in [5.41, 5.74) is 1.03. The molecule has 1 aliphatic heterocycles. The Morgan fingerprint density at radius 1 is 1.45 bits per heavy atom. The number of rotatable bonds is 3. The van der Waals surface area contributed by atoms with Crippen LogP contribution < -0.4 is 5.32 Å². The maximum absolute atomic E-state index is 12.0. The van der Waals surface area contributed by atoms with Crippen LogP contribution in [0.3, 0.4) is 0 Å². The maximum atomic E-state index is 12.0. The highest BCUT2D eigenvalue weighted by atomic mass is 16.2. The predicted octanol–water partition coefficient (Wildman–Crippen LogP) is 2.51. The van der Waals surface area contributed by atoms with Crippen LogP contribution in [0.15, 0.2) is 6.20 Å². The molecular formula is C15H26N4O. The van der Waals surface area contributed by atoms with Gasteiger partial charge in [-0.25, -0.2) is 9.78 Å². The molecule has 0 bridgehead atoms. The average molecular weight is 278 g/mol. The lowest BCUT2D eigenvalue weighted by molar-refractivity contribution is 0.140. The van der Waals surface area contributed by atoms with Crippen LogP contribution in [0.2, 0.25) is 0 Å². The van der Waals surface area contributed by atoms with Gasteiger partial charge >= 0.3 is 6.03 Å². The second-order valence-corrected chi connectivity index (χ2v) is 6.69. The highest BCUT2D eigenvalue weighted by molar-refractivity contribution is 5.76. The topological polar surface area (TPSA) is 50.2 Å². The summed E-state index contributed by atoms with van der Waals surface area (Å²) in [5, 5.41) is 3.00. The molecule has 2 rings (SSSR count). The SMILES string of the molecule is CCCn1c(C)cnc1C1CN(C(=O)NC(C)(C)C)C1. The second-order valence-electron chi connectivity index (χ2n) is 6.69. The third-order valence-electron chi connectivity index (χ3n) is 3.55. The first-order valence-corrected chi connectivity index (χ1v) is 7.41. The molecule has 0 unspecified atom stereocenters. The molecule has 0 aromatic carbocycles. The molecule has 1 saturated heterocycles. The number of carbonyl (C=O) groups is 1. The van der Waals surface area contributed by atoms with Crippen molar-refractivity contribution in [2.75, 3.05) is 13.1 Å². The van der Waals surface area contributed by atoms with Crippen molar-refractivity contribution in [1.29, 1.82) is 0 Å². The maximum Gasteiger partial charge on any atom is 0.317 e. The lowest BCUT2D eigenvalue weighted by atomic mass is 9.99. The lowest BCUT2D eigenvalue weighted by Crippen LogP contribution is -2.56. The first kappa shape index (κ1) is 14.9. The first-order valence-electron chi connectivity index (χ1n) is 7.41. The molecule has 1 fully saturated rings. The number of hydrogen-bond donors (Lipinski definition) is 1. The summed E-state index contributed by atoms with van der Waals surface area (Å²) in [6, 6.07) is 0.0269. The molecule has 112 valence electrons. The number of carbonyl (C=O) groups excluding carboxylic acids is 1. The van der Waals surface area contributed by atoms with Crippen LogP contribution in [0.5, 0.6) is 0 Å². The third kappa shape index (κ3) is 3.14. The normalized spacial score (nSPS) is 16.1. The zero-order valence-electron chi connectivity index (χ0n) is 13.2. The van der Waals surface area contributed by atoms with Gasteiger partial charge in [0.1, 0.15) is 5.82 Å². The van der Waals surface area contributed by atoms with Crippen LogP contribution in [0, 0.1) is 6.92 Å². The van der Waals surface area contributed by atoms with E-state index in [0.29, 0.717) is 5.92 Å². The molecule has 2 heterocycles. The van der Waals surface area contributed by atoms with Gasteiger partial charge in [-0.15, -0.1) is 0 Å². The van der Waals surface area contributed by atoms with Crippen LogP contribution in [0.25, 0.3) is 0 Å². The van der Waals surface area contributed by atoms with Crippen LogP contribution in [0.4, 0.5) is 4.79 Å². The molecular weight excluding hydrogens is 252 g/mol. The molecule has 0 radical (unpaired) electrons. The lowest BCUT2D eigenvalue weighted by Gasteiger charge is -2.40. The highest BCUT2D eigenvalue weighted by Crippen LogP contribution is 2.27. The first-order chi connectivity index (χ1) is 9.31. The minimum absolute atomic E-state index is 0.0269. The summed E-state index contributed by atoms with van der Waals surface area (Å²) in [5.74, 6) is 1.50. The van der Waals surface area contributed by atoms with E-state index < -0.39 is 0 Å². The summed E-state index contributed by atoms with van der Waals surface area (Å²) in [6.45, 7) is 12.8. The number of aryl methyl sites for hydroxylation is 1. The average Bonchev–Trinajstić information content (AvgIpc) is 2.57. The predicted molar refractivity (Wildman–Crippen MR) is 79.9 cm³/mol. The van der Waals surface area contributed by atoms with Gasteiger partial charge in [0.05, 0.1) is 5.92 Å². The van der Waals surface area contributed by atoms with Gasteiger partial charge in [-0.3, -0.25) is 0 Å². The number of nitrogens with one attached hydrogen (secondary N) is 1. The standard InChI is InChI=1S/C15H26N4O/c1-6-7-19-11(2)8-16-13(19)12-9-18(10-12)14(20)17-15(3,4)5/h8,12H,6-7,9-10H2,1-5H3,(H,17,20). The van der Waals surface area contributed by atoms with Crippen molar-refractivity contribution in [1.82, 2.24) is 19.8 Å². The summed E-state index contributed by atoms with van der Waals surface area (Å²) in [4.78, 5) is 18.4. The fourth-order valence-corrected chi connectivity index (χ4v) is 2.53. The Hall–Kier alpha value is -1.52. The largest absolute Gasteiger partial charge is 0.333 e. The van der Waals surface area contributed by atoms with E-state index >= 15 is 0 Å². The van der Waals surface area contributed by atoms with Crippen molar-refractivity contribution < 1.29 is 4.79 Å². The van der Waals surface area contributed by atoms with Crippen LogP contribution in [0.1, 0.15) is 51.6 Å². The number of hydrogen-bond acceptors (Lipinski definition) is 2. The van der Waals surface area contributed by atoms with E-state index in [4.69, 9.17) is 0 Å². The number of imidazole rings is 1. The third-order valence-corrected chi connectivity index (χ3v) is 3.55. The van der Waals surface area contributed by atoms with E-state index in [1.54, 1.807) is 0 Å². The van der Waals surface area contributed by atoms with Gasteiger partial charge in [-0.1, -0.05) is 6.92 Å². The molecule has 0 aliphatic carbocycles. The molecule has 20 heavy (non-hydrogen) atoms. The monoisotopic (exact) mass is 278 g/mol. The Kier molecular flexibility index (Phi) is 4.06. The van der Waals surface area contributed by atoms with Crippen LogP contribution >= 0.6 is 0 Å². The zero-order valence-corrected chi connectivity index (χ0v) is 13.2. The quantitative estimate of drug-likeness (QED) is 0.923. The molecule has 0 saturated carbocycles. The minimum Gasteiger partial charge on any atom is -0.333 e. The van der Waals surface area contributed by atoms with Gasteiger partial charge in [-0.2, -0.15) is 0 Å². The Bertz CT molecular complexity index is 481. The summed E-state index contributed by atoms with van der Waals surface area (Å²) in [6.07, 6.45) is 3.04. The van der Waals surface area contributed by atoms with Gasteiger partial charge in [0, 0.05) is 37.1 Å². The fraction of sp³-hybridized carbons (Fsp3) is 0.733. The molecule has 1 aliphatic rings. The number of amides is 2. The van der Waals surface area contributed by atoms with Crippen molar-refractivity contribution in [3.8, 4) is 0 Å². The summed E-state index contributed by atoms with van der Waals surface area (Å²) in [7, 11) is 0. The van der Waals surface area contributed by atoms with Crippen molar-refractivity contribution >= 4 is 6.03 Å². The minimum atomic E-state index is -0.181. The molecule has 0 atom stereocenters. The summed E-state index contributed by atoms with van der Waals surface area (Å²) < 4.78 is 2.28. The number of likely N-dealkylation sites (tertiary alicyclic amines) is 1. The molecule has 0 spiro atoms. The van der Waals surface area contributed by atoms with Gasteiger partial charge in [0.25, 0.3) is 0 Å². The Morgan fingerprint density at radius 2 is 2.10 bits per heavy atom.